The monoisotopic (exact) mass is 217 g/mol. The number of H-pyrrole nitrogens is 1. The molecule has 14 heavy (non-hydrogen) atoms. The summed E-state index contributed by atoms with van der Waals surface area (Å²) in [7, 11) is -1.63. The molecule has 0 saturated heterocycles. The number of aromatic amines is 1. The van der Waals surface area contributed by atoms with Crippen LogP contribution in [0.5, 0.6) is 0 Å². The molecular formula is C8H15N3O2S. The van der Waals surface area contributed by atoms with E-state index in [0.717, 1.165) is 0 Å². The van der Waals surface area contributed by atoms with E-state index in [2.05, 4.69) is 9.97 Å². The van der Waals surface area contributed by atoms with Crippen LogP contribution in [-0.4, -0.2) is 35.0 Å². The molecule has 80 valence electrons. The average Bonchev–Trinajstić information content (AvgIpc) is 2.56. The number of imidazole rings is 1. The summed E-state index contributed by atoms with van der Waals surface area (Å²) in [5, 5.41) is -0.400. The molecule has 0 saturated carbocycles. The molecule has 0 aromatic carbocycles. The minimum absolute atomic E-state index is 0.285. The lowest BCUT2D eigenvalue weighted by molar-refractivity contribution is 0.451. The molecule has 1 N–H and O–H groups in total. The quantitative estimate of drug-likeness (QED) is 0.802. The van der Waals surface area contributed by atoms with E-state index in [9.17, 15) is 8.42 Å². The van der Waals surface area contributed by atoms with Gasteiger partial charge in [0.1, 0.15) is 5.82 Å². The molecule has 1 rings (SSSR count). The maximum atomic E-state index is 11.6. The third-order valence-corrected chi connectivity index (χ3v) is 4.15. The van der Waals surface area contributed by atoms with Crippen molar-refractivity contribution >= 4 is 10.0 Å². The number of hydrogen-bond acceptors (Lipinski definition) is 3. The van der Waals surface area contributed by atoms with Gasteiger partial charge in [-0.25, -0.2) is 13.4 Å². The molecule has 0 aliphatic heterocycles. The third-order valence-electron chi connectivity index (χ3n) is 1.96. The molecule has 0 aliphatic carbocycles. The van der Waals surface area contributed by atoms with Gasteiger partial charge in [0, 0.05) is 19.4 Å². The van der Waals surface area contributed by atoms with E-state index in [1.165, 1.54) is 4.31 Å². The van der Waals surface area contributed by atoms with E-state index >= 15 is 0 Å². The molecule has 0 bridgehead atoms. The van der Waals surface area contributed by atoms with Crippen LogP contribution in [0, 0.1) is 0 Å². The first kappa shape index (κ1) is 11.2. The highest BCUT2D eigenvalue weighted by molar-refractivity contribution is 7.89. The van der Waals surface area contributed by atoms with Gasteiger partial charge in [0.15, 0.2) is 0 Å². The first-order chi connectivity index (χ1) is 6.44. The molecule has 0 unspecified atom stereocenters. The highest BCUT2D eigenvalue weighted by Crippen LogP contribution is 2.08. The molecule has 5 nitrogen and oxygen atoms in total. The van der Waals surface area contributed by atoms with Crippen molar-refractivity contribution in [3.8, 4) is 0 Å². The SMILES string of the molecule is CC(C)S(=O)(=O)N(C)Cc1ncc[nH]1. The minimum atomic E-state index is -3.18. The second kappa shape index (κ2) is 4.10. The second-order valence-electron chi connectivity index (χ2n) is 3.39. The summed E-state index contributed by atoms with van der Waals surface area (Å²) >= 11 is 0. The molecule has 1 aromatic heterocycles. The summed E-state index contributed by atoms with van der Waals surface area (Å²) < 4.78 is 24.6. The Hall–Kier alpha value is -0.880. The van der Waals surface area contributed by atoms with Crippen molar-refractivity contribution in [2.45, 2.75) is 25.6 Å². The lowest BCUT2D eigenvalue weighted by atomic mass is 10.6. The maximum Gasteiger partial charge on any atom is 0.216 e. The van der Waals surface area contributed by atoms with Gasteiger partial charge in [-0.05, 0) is 13.8 Å². The number of rotatable bonds is 4. The smallest absolute Gasteiger partial charge is 0.216 e. The van der Waals surface area contributed by atoms with Crippen LogP contribution in [0.1, 0.15) is 19.7 Å². The molecular weight excluding hydrogens is 202 g/mol. The van der Waals surface area contributed by atoms with E-state index in [-0.39, 0.29) is 6.54 Å². The number of aromatic nitrogens is 2. The Bertz CT molecular complexity index is 369. The second-order valence-corrected chi connectivity index (χ2v) is 5.98. The molecule has 6 heteroatoms. The highest BCUT2D eigenvalue weighted by Gasteiger charge is 2.22. The third kappa shape index (κ3) is 2.33. The standard InChI is InChI=1S/C8H15N3O2S/c1-7(2)14(12,13)11(3)6-8-9-4-5-10-8/h4-5,7H,6H2,1-3H3,(H,9,10). The lowest BCUT2D eigenvalue weighted by Gasteiger charge is -2.18. The molecule has 0 atom stereocenters. The highest BCUT2D eigenvalue weighted by atomic mass is 32.2. The zero-order valence-electron chi connectivity index (χ0n) is 8.56. The van der Waals surface area contributed by atoms with Gasteiger partial charge >= 0.3 is 0 Å². The fraction of sp³-hybridized carbons (Fsp3) is 0.625. The first-order valence-corrected chi connectivity index (χ1v) is 5.88. The first-order valence-electron chi connectivity index (χ1n) is 4.38. The Morgan fingerprint density at radius 3 is 2.64 bits per heavy atom. The zero-order chi connectivity index (χ0) is 10.8. The van der Waals surface area contributed by atoms with Crippen LogP contribution < -0.4 is 0 Å². The summed E-state index contributed by atoms with van der Waals surface area (Å²) in [6.45, 7) is 3.61. The molecule has 0 fully saturated rings. The Morgan fingerprint density at radius 2 is 2.21 bits per heavy atom. The van der Waals surface area contributed by atoms with Crippen molar-refractivity contribution in [2.75, 3.05) is 7.05 Å². The van der Waals surface area contributed by atoms with Crippen LogP contribution in [0.15, 0.2) is 12.4 Å². The predicted octanol–water partition coefficient (Wildman–Crippen LogP) is 0.580. The maximum absolute atomic E-state index is 11.6. The molecule has 0 radical (unpaired) electrons. The van der Waals surface area contributed by atoms with Gasteiger partial charge in [-0.3, -0.25) is 0 Å². The minimum Gasteiger partial charge on any atom is -0.347 e. The van der Waals surface area contributed by atoms with E-state index in [1.807, 2.05) is 0 Å². The molecule has 1 aromatic rings. The van der Waals surface area contributed by atoms with Crippen LogP contribution in [0.2, 0.25) is 0 Å². The summed E-state index contributed by atoms with van der Waals surface area (Å²) in [4.78, 5) is 6.83. The summed E-state index contributed by atoms with van der Waals surface area (Å²) in [5.41, 5.74) is 0. The van der Waals surface area contributed by atoms with Crippen molar-refractivity contribution in [2.24, 2.45) is 0 Å². The number of nitrogens with zero attached hydrogens (tertiary/aromatic N) is 2. The van der Waals surface area contributed by atoms with Crippen LogP contribution in [0.25, 0.3) is 0 Å². The fourth-order valence-corrected chi connectivity index (χ4v) is 2.07. The van der Waals surface area contributed by atoms with Crippen molar-refractivity contribution in [1.82, 2.24) is 14.3 Å². The van der Waals surface area contributed by atoms with E-state index < -0.39 is 15.3 Å². The number of hydrogen-bond donors (Lipinski definition) is 1. The van der Waals surface area contributed by atoms with Crippen molar-refractivity contribution in [3.05, 3.63) is 18.2 Å². The Morgan fingerprint density at radius 1 is 1.57 bits per heavy atom. The predicted molar refractivity (Wildman–Crippen MR) is 54.1 cm³/mol. The summed E-state index contributed by atoms with van der Waals surface area (Å²) in [6, 6.07) is 0. The van der Waals surface area contributed by atoms with Crippen LogP contribution in [0.3, 0.4) is 0 Å². The summed E-state index contributed by atoms with van der Waals surface area (Å²) in [6.07, 6.45) is 3.27. The van der Waals surface area contributed by atoms with E-state index in [1.54, 1.807) is 33.3 Å². The lowest BCUT2D eigenvalue weighted by Crippen LogP contribution is -2.32. The van der Waals surface area contributed by atoms with Crippen molar-refractivity contribution in [1.29, 1.82) is 0 Å². The fourth-order valence-electron chi connectivity index (χ4n) is 1.05. The van der Waals surface area contributed by atoms with Crippen molar-refractivity contribution in [3.63, 3.8) is 0 Å². The van der Waals surface area contributed by atoms with Crippen LogP contribution in [0.4, 0.5) is 0 Å². The van der Waals surface area contributed by atoms with Gasteiger partial charge in [0.05, 0.1) is 11.8 Å². The normalized spacial score (nSPS) is 12.6. The van der Waals surface area contributed by atoms with Crippen LogP contribution >= 0.6 is 0 Å². The van der Waals surface area contributed by atoms with E-state index in [4.69, 9.17) is 0 Å². The van der Waals surface area contributed by atoms with Crippen LogP contribution in [-0.2, 0) is 16.6 Å². The largest absolute Gasteiger partial charge is 0.347 e. The Kier molecular flexibility index (Phi) is 3.28. The number of sulfonamides is 1. The summed E-state index contributed by atoms with van der Waals surface area (Å²) in [5.74, 6) is 0.650. The molecule has 0 spiro atoms. The van der Waals surface area contributed by atoms with Gasteiger partial charge < -0.3 is 4.98 Å². The molecule has 0 aliphatic rings. The molecule has 1 heterocycles. The van der Waals surface area contributed by atoms with E-state index in [0.29, 0.717) is 5.82 Å². The van der Waals surface area contributed by atoms with Gasteiger partial charge in [-0.15, -0.1) is 0 Å². The van der Waals surface area contributed by atoms with Gasteiger partial charge in [0.25, 0.3) is 0 Å². The van der Waals surface area contributed by atoms with Gasteiger partial charge in [-0.2, -0.15) is 4.31 Å². The molecule has 0 amide bonds. The Labute approximate surface area is 84.2 Å². The van der Waals surface area contributed by atoms with Gasteiger partial charge in [-0.1, -0.05) is 0 Å². The number of nitrogens with one attached hydrogen (secondary N) is 1. The Balaban J connectivity index is 2.72. The van der Waals surface area contributed by atoms with Gasteiger partial charge in [0.2, 0.25) is 10.0 Å². The van der Waals surface area contributed by atoms with Crippen molar-refractivity contribution < 1.29 is 8.42 Å². The topological polar surface area (TPSA) is 66.1 Å². The average molecular weight is 217 g/mol. The zero-order valence-corrected chi connectivity index (χ0v) is 9.37.